The fourth-order valence-electron chi connectivity index (χ4n) is 3.38. The molecule has 2 N–H and O–H groups in total. The van der Waals surface area contributed by atoms with Crippen LogP contribution in [0.15, 0.2) is 60.0 Å². The van der Waals surface area contributed by atoms with Crippen LogP contribution in [0, 0.1) is 0 Å². The Morgan fingerprint density at radius 2 is 1.73 bits per heavy atom. The second kappa shape index (κ2) is 8.51. The second-order valence-electron chi connectivity index (χ2n) is 6.99. The number of anilines is 2. The maximum Gasteiger partial charge on any atom is 0.275 e. The average Bonchev–Trinajstić information content (AvgIpc) is 3.35. The van der Waals surface area contributed by atoms with Crippen LogP contribution in [-0.2, 0) is 11.3 Å². The predicted octanol–water partition coefficient (Wildman–Crippen LogP) is 5.39. The van der Waals surface area contributed by atoms with E-state index in [2.05, 4.69) is 45.3 Å². The van der Waals surface area contributed by atoms with E-state index in [0.29, 0.717) is 17.1 Å². The highest BCUT2D eigenvalue weighted by Gasteiger charge is 2.16. The van der Waals surface area contributed by atoms with Crippen molar-refractivity contribution >= 4 is 45.4 Å². The molecule has 6 nitrogen and oxygen atoms in total. The summed E-state index contributed by atoms with van der Waals surface area (Å²) in [6.45, 7) is 4.50. The van der Waals surface area contributed by atoms with E-state index in [0.717, 1.165) is 23.7 Å². The molecule has 0 bridgehead atoms. The molecule has 2 amide bonds. The summed E-state index contributed by atoms with van der Waals surface area (Å²) in [6.07, 6.45) is 1.01. The van der Waals surface area contributed by atoms with Crippen molar-refractivity contribution in [2.24, 2.45) is 0 Å². The molecule has 0 saturated heterocycles. The van der Waals surface area contributed by atoms with E-state index in [9.17, 15) is 9.59 Å². The summed E-state index contributed by atoms with van der Waals surface area (Å²) in [5, 5.41) is 9.33. The van der Waals surface area contributed by atoms with Crippen LogP contribution in [0.3, 0.4) is 0 Å². The van der Waals surface area contributed by atoms with Gasteiger partial charge in [-0.25, -0.2) is 4.98 Å². The molecule has 4 aromatic rings. The van der Waals surface area contributed by atoms with E-state index in [1.807, 2.05) is 12.1 Å². The van der Waals surface area contributed by atoms with Crippen molar-refractivity contribution in [1.29, 1.82) is 0 Å². The molecular weight excluding hydrogens is 396 g/mol. The van der Waals surface area contributed by atoms with Gasteiger partial charge >= 0.3 is 0 Å². The highest BCUT2D eigenvalue weighted by Crippen LogP contribution is 2.31. The molecule has 0 aliphatic carbocycles. The summed E-state index contributed by atoms with van der Waals surface area (Å²) in [4.78, 5) is 28.4. The Hall–Kier alpha value is -3.45. The van der Waals surface area contributed by atoms with Gasteiger partial charge in [0.2, 0.25) is 5.91 Å². The number of thiazole rings is 1. The number of aromatic nitrogens is 2. The maximum atomic E-state index is 12.7. The zero-order chi connectivity index (χ0) is 21.1. The molecule has 7 heteroatoms. The molecule has 0 aliphatic heterocycles. The lowest BCUT2D eigenvalue weighted by Gasteiger charge is -2.07. The molecule has 2 aromatic heterocycles. The third kappa shape index (κ3) is 4.11. The van der Waals surface area contributed by atoms with E-state index in [-0.39, 0.29) is 11.8 Å². The average molecular weight is 419 g/mol. The topological polar surface area (TPSA) is 76.0 Å². The molecule has 0 unspecified atom stereocenters. The van der Waals surface area contributed by atoms with Gasteiger partial charge in [-0.1, -0.05) is 25.1 Å². The number of hydrogen-bond acceptors (Lipinski definition) is 4. The minimum absolute atomic E-state index is 0.137. The van der Waals surface area contributed by atoms with Gasteiger partial charge in [-0.3, -0.25) is 9.59 Å². The van der Waals surface area contributed by atoms with Crippen LogP contribution < -0.4 is 10.6 Å². The quantitative estimate of drug-likeness (QED) is 0.441. The number of carbonyl (C=O) groups excluding carboxylic acids is 2. The lowest BCUT2D eigenvalue weighted by Crippen LogP contribution is -2.12. The number of rotatable bonds is 6. The number of para-hydroxylation sites is 1. The van der Waals surface area contributed by atoms with Crippen molar-refractivity contribution < 1.29 is 9.59 Å². The zero-order valence-electron chi connectivity index (χ0n) is 16.8. The SMILES string of the molecule is CCCn1c(-c2nc(C(=O)Nc3ccc(NC(C)=O)cc3)cs2)cc2ccccc21. The van der Waals surface area contributed by atoms with Crippen molar-refractivity contribution in [3.8, 4) is 10.7 Å². The number of hydrogen-bond donors (Lipinski definition) is 2. The smallest absolute Gasteiger partial charge is 0.275 e. The molecule has 0 saturated carbocycles. The largest absolute Gasteiger partial charge is 0.339 e. The van der Waals surface area contributed by atoms with Gasteiger partial charge < -0.3 is 15.2 Å². The predicted molar refractivity (Wildman–Crippen MR) is 122 cm³/mol. The van der Waals surface area contributed by atoms with Gasteiger partial charge in [0, 0.05) is 41.1 Å². The number of nitrogens with one attached hydrogen (secondary N) is 2. The van der Waals surface area contributed by atoms with Crippen molar-refractivity contribution in [3.63, 3.8) is 0 Å². The lowest BCUT2D eigenvalue weighted by atomic mass is 10.2. The minimum atomic E-state index is -0.261. The van der Waals surface area contributed by atoms with Crippen molar-refractivity contribution in [3.05, 3.63) is 65.7 Å². The number of fused-ring (bicyclic) bond motifs is 1. The second-order valence-corrected chi connectivity index (χ2v) is 7.85. The van der Waals surface area contributed by atoms with Crippen LogP contribution in [0.5, 0.6) is 0 Å². The molecule has 2 heterocycles. The molecule has 152 valence electrons. The number of benzene rings is 2. The molecule has 0 spiro atoms. The third-order valence-electron chi connectivity index (χ3n) is 4.68. The first-order valence-electron chi connectivity index (χ1n) is 9.78. The van der Waals surface area contributed by atoms with Gasteiger partial charge in [-0.15, -0.1) is 11.3 Å². The Balaban J connectivity index is 1.55. The minimum Gasteiger partial charge on any atom is -0.339 e. The Bertz CT molecular complexity index is 1210. The molecule has 4 rings (SSSR count). The summed E-state index contributed by atoms with van der Waals surface area (Å²) >= 11 is 1.47. The molecular formula is C23H22N4O2S. The Labute approximate surface area is 178 Å². The summed E-state index contributed by atoms with van der Waals surface area (Å²) < 4.78 is 2.26. The summed E-state index contributed by atoms with van der Waals surface area (Å²) in [6, 6.07) is 17.4. The van der Waals surface area contributed by atoms with Crippen LogP contribution in [0.25, 0.3) is 21.6 Å². The molecule has 0 fully saturated rings. The van der Waals surface area contributed by atoms with E-state index < -0.39 is 0 Å². The first-order valence-corrected chi connectivity index (χ1v) is 10.7. The monoisotopic (exact) mass is 418 g/mol. The van der Waals surface area contributed by atoms with Gasteiger partial charge in [-0.05, 0) is 42.8 Å². The number of carbonyl (C=O) groups is 2. The third-order valence-corrected chi connectivity index (χ3v) is 5.54. The van der Waals surface area contributed by atoms with Crippen molar-refractivity contribution in [2.75, 3.05) is 10.6 Å². The molecule has 0 atom stereocenters. The van der Waals surface area contributed by atoms with E-state index in [1.165, 1.54) is 29.2 Å². The van der Waals surface area contributed by atoms with E-state index >= 15 is 0 Å². The standard InChI is InChI=1S/C23H22N4O2S/c1-3-12-27-20-7-5-4-6-16(20)13-21(27)23-26-19(14-30-23)22(29)25-18-10-8-17(9-11-18)24-15(2)28/h4-11,13-14H,3,12H2,1-2H3,(H,24,28)(H,25,29). The Morgan fingerprint density at radius 1 is 1.03 bits per heavy atom. The number of amides is 2. The first kappa shape index (κ1) is 19.8. The zero-order valence-corrected chi connectivity index (χ0v) is 17.6. The van der Waals surface area contributed by atoms with E-state index in [4.69, 9.17) is 0 Å². The summed E-state index contributed by atoms with van der Waals surface area (Å²) in [5.41, 5.74) is 3.91. The Morgan fingerprint density at radius 3 is 2.43 bits per heavy atom. The van der Waals surface area contributed by atoms with Crippen molar-refractivity contribution in [1.82, 2.24) is 9.55 Å². The fraction of sp³-hybridized carbons (Fsp3) is 0.174. The fourth-order valence-corrected chi connectivity index (χ4v) is 4.21. The number of aryl methyl sites for hydroxylation is 1. The summed E-state index contributed by atoms with van der Waals surface area (Å²) in [5.74, 6) is -0.398. The molecule has 2 aromatic carbocycles. The van der Waals surface area contributed by atoms with Crippen LogP contribution in [0.1, 0.15) is 30.8 Å². The van der Waals surface area contributed by atoms with Gasteiger partial charge in [0.05, 0.1) is 5.69 Å². The molecule has 0 radical (unpaired) electrons. The Kier molecular flexibility index (Phi) is 5.63. The highest BCUT2D eigenvalue weighted by atomic mass is 32.1. The van der Waals surface area contributed by atoms with Gasteiger partial charge in [0.25, 0.3) is 5.91 Å². The van der Waals surface area contributed by atoms with Gasteiger partial charge in [-0.2, -0.15) is 0 Å². The van der Waals surface area contributed by atoms with Gasteiger partial charge in [0.15, 0.2) is 0 Å². The van der Waals surface area contributed by atoms with Gasteiger partial charge in [0.1, 0.15) is 10.7 Å². The lowest BCUT2D eigenvalue weighted by molar-refractivity contribution is -0.114. The van der Waals surface area contributed by atoms with E-state index in [1.54, 1.807) is 29.6 Å². The van der Waals surface area contributed by atoms with Crippen LogP contribution >= 0.6 is 11.3 Å². The first-order chi connectivity index (χ1) is 14.5. The van der Waals surface area contributed by atoms with Crippen LogP contribution in [0.4, 0.5) is 11.4 Å². The molecule has 30 heavy (non-hydrogen) atoms. The maximum absolute atomic E-state index is 12.7. The normalized spacial score (nSPS) is 10.9. The number of nitrogens with zero attached hydrogens (tertiary/aromatic N) is 2. The molecule has 0 aliphatic rings. The van der Waals surface area contributed by atoms with Crippen LogP contribution in [0.2, 0.25) is 0 Å². The van der Waals surface area contributed by atoms with Crippen LogP contribution in [-0.4, -0.2) is 21.4 Å². The summed E-state index contributed by atoms with van der Waals surface area (Å²) in [7, 11) is 0. The highest BCUT2D eigenvalue weighted by molar-refractivity contribution is 7.13. The van der Waals surface area contributed by atoms with Crippen molar-refractivity contribution in [2.45, 2.75) is 26.8 Å².